The normalized spacial score (nSPS) is 13.1. The second-order valence-corrected chi connectivity index (χ2v) is 5.37. The number of amides is 1. The van der Waals surface area contributed by atoms with Crippen molar-refractivity contribution >= 4 is 16.7 Å². The molecule has 2 atom stereocenters. The second-order valence-electron chi connectivity index (χ2n) is 3.99. The summed E-state index contributed by atoms with van der Waals surface area (Å²) in [6.45, 7) is 3.58. The first-order valence-electron chi connectivity index (χ1n) is 5.60. The number of benzene rings is 1. The summed E-state index contributed by atoms with van der Waals surface area (Å²) in [5.74, 6) is 4.91. The molecule has 96 valence electrons. The van der Waals surface area contributed by atoms with Crippen molar-refractivity contribution in [2.75, 3.05) is 13.3 Å². The second kappa shape index (κ2) is 6.36. The van der Waals surface area contributed by atoms with Gasteiger partial charge in [-0.25, -0.2) is 0 Å². The van der Waals surface area contributed by atoms with Crippen molar-refractivity contribution in [2.24, 2.45) is 0 Å². The quantitative estimate of drug-likeness (QED) is 0.782. The van der Waals surface area contributed by atoms with E-state index in [-0.39, 0.29) is 11.9 Å². The van der Waals surface area contributed by atoms with Crippen molar-refractivity contribution < 1.29 is 9.00 Å². The van der Waals surface area contributed by atoms with E-state index in [9.17, 15) is 9.00 Å². The van der Waals surface area contributed by atoms with E-state index in [1.807, 2.05) is 31.2 Å². The van der Waals surface area contributed by atoms with E-state index in [1.165, 1.54) is 0 Å². The van der Waals surface area contributed by atoms with Gasteiger partial charge >= 0.3 is 0 Å². The molecule has 4 heteroatoms. The first-order valence-corrected chi connectivity index (χ1v) is 7.16. The topological polar surface area (TPSA) is 37.4 Å². The Morgan fingerprint density at radius 2 is 1.89 bits per heavy atom. The molecule has 0 aliphatic heterocycles. The molecular formula is C14H17NO2S. The predicted molar refractivity (Wildman–Crippen MR) is 73.4 cm³/mol. The van der Waals surface area contributed by atoms with Gasteiger partial charge in [-0.1, -0.05) is 18.1 Å². The summed E-state index contributed by atoms with van der Waals surface area (Å²) < 4.78 is 11.3. The van der Waals surface area contributed by atoms with Gasteiger partial charge in [0.1, 0.15) is 0 Å². The highest BCUT2D eigenvalue weighted by Crippen LogP contribution is 2.19. The summed E-state index contributed by atoms with van der Waals surface area (Å²) in [4.78, 5) is 14.0. The van der Waals surface area contributed by atoms with Gasteiger partial charge in [0.2, 0.25) is 0 Å². The summed E-state index contributed by atoms with van der Waals surface area (Å²) in [6.07, 6.45) is 1.64. The first kappa shape index (κ1) is 14.5. The molecule has 0 N–H and O–H groups in total. The average molecular weight is 263 g/mol. The summed E-state index contributed by atoms with van der Waals surface area (Å²) in [5, 5.41) is 0. The third-order valence-corrected chi connectivity index (χ3v) is 3.76. The van der Waals surface area contributed by atoms with Gasteiger partial charge in [-0.05, 0) is 37.5 Å². The highest BCUT2D eigenvalue weighted by atomic mass is 32.2. The van der Waals surface area contributed by atoms with Crippen molar-refractivity contribution in [1.29, 1.82) is 0 Å². The molecule has 18 heavy (non-hydrogen) atoms. The third-order valence-electron chi connectivity index (χ3n) is 2.83. The Bertz CT molecular complexity index is 511. The zero-order chi connectivity index (χ0) is 13.7. The largest absolute Gasteiger partial charge is 0.328 e. The van der Waals surface area contributed by atoms with Gasteiger partial charge in [0, 0.05) is 29.0 Å². The molecule has 0 spiro atoms. The maximum Gasteiger partial charge on any atom is 0.298 e. The van der Waals surface area contributed by atoms with Gasteiger partial charge in [0.25, 0.3) is 5.91 Å². The van der Waals surface area contributed by atoms with Gasteiger partial charge in [0.05, 0.1) is 6.04 Å². The van der Waals surface area contributed by atoms with Gasteiger partial charge < -0.3 is 4.90 Å². The highest BCUT2D eigenvalue weighted by Gasteiger charge is 2.15. The van der Waals surface area contributed by atoms with Gasteiger partial charge in [-0.15, -0.1) is 0 Å². The van der Waals surface area contributed by atoms with Crippen LogP contribution in [-0.2, 0) is 15.6 Å². The molecule has 0 bridgehead atoms. The summed E-state index contributed by atoms with van der Waals surface area (Å²) in [7, 11) is 0.750. The summed E-state index contributed by atoms with van der Waals surface area (Å²) in [6, 6.07) is 7.38. The monoisotopic (exact) mass is 263 g/mol. The Balaban J connectivity index is 2.89. The van der Waals surface area contributed by atoms with Crippen LogP contribution in [0.2, 0.25) is 0 Å². The molecule has 2 unspecified atom stereocenters. The van der Waals surface area contributed by atoms with E-state index in [2.05, 4.69) is 11.8 Å². The number of rotatable bonds is 3. The van der Waals surface area contributed by atoms with Crippen LogP contribution in [0.25, 0.3) is 0 Å². The Hall–Kier alpha value is -1.60. The smallest absolute Gasteiger partial charge is 0.298 e. The minimum Gasteiger partial charge on any atom is -0.328 e. The van der Waals surface area contributed by atoms with Crippen LogP contribution in [-0.4, -0.2) is 28.3 Å². The van der Waals surface area contributed by atoms with Crippen molar-refractivity contribution in [1.82, 2.24) is 4.90 Å². The van der Waals surface area contributed by atoms with E-state index in [0.29, 0.717) is 0 Å². The lowest BCUT2D eigenvalue weighted by Crippen LogP contribution is -2.28. The van der Waals surface area contributed by atoms with Gasteiger partial charge in [-0.2, -0.15) is 0 Å². The number of hydrogen-bond acceptors (Lipinski definition) is 2. The maximum absolute atomic E-state index is 11.6. The lowest BCUT2D eigenvalue weighted by molar-refractivity contribution is -0.125. The Morgan fingerprint density at radius 3 is 2.33 bits per heavy atom. The summed E-state index contributed by atoms with van der Waals surface area (Å²) in [5.41, 5.74) is 0.998. The van der Waals surface area contributed by atoms with Crippen LogP contribution >= 0.6 is 0 Å². The molecule has 0 aliphatic carbocycles. The fraction of sp³-hybridized carbons (Fsp3) is 0.357. The van der Waals surface area contributed by atoms with Crippen LogP contribution in [0.15, 0.2) is 29.2 Å². The van der Waals surface area contributed by atoms with Crippen LogP contribution in [0.4, 0.5) is 0 Å². The third kappa shape index (κ3) is 3.44. The molecule has 1 aromatic rings. The lowest BCUT2D eigenvalue weighted by Gasteiger charge is -2.23. The average Bonchev–Trinajstić information content (AvgIpc) is 2.37. The minimum atomic E-state index is -0.976. The Morgan fingerprint density at radius 1 is 1.33 bits per heavy atom. The molecule has 0 saturated carbocycles. The number of hydrogen-bond donors (Lipinski definition) is 0. The fourth-order valence-electron chi connectivity index (χ4n) is 1.53. The molecule has 1 amide bonds. The number of carbonyl (C=O) groups is 1. The van der Waals surface area contributed by atoms with Crippen LogP contribution in [0.5, 0.6) is 0 Å². The van der Waals surface area contributed by atoms with E-state index >= 15 is 0 Å². The number of carbonyl (C=O) groups excluding carboxylic acids is 1. The lowest BCUT2D eigenvalue weighted by atomic mass is 10.1. The van der Waals surface area contributed by atoms with Crippen molar-refractivity contribution in [3.8, 4) is 11.8 Å². The molecule has 3 nitrogen and oxygen atoms in total. The van der Waals surface area contributed by atoms with Gasteiger partial charge in [0.15, 0.2) is 0 Å². The van der Waals surface area contributed by atoms with Crippen LogP contribution < -0.4 is 0 Å². The van der Waals surface area contributed by atoms with Crippen molar-refractivity contribution in [2.45, 2.75) is 24.8 Å². The van der Waals surface area contributed by atoms with Crippen molar-refractivity contribution in [3.05, 3.63) is 29.8 Å². The van der Waals surface area contributed by atoms with E-state index in [1.54, 1.807) is 25.1 Å². The Labute approximate surface area is 111 Å². The van der Waals surface area contributed by atoms with Gasteiger partial charge in [-0.3, -0.25) is 9.00 Å². The predicted octanol–water partition coefficient (Wildman–Crippen LogP) is 1.97. The van der Waals surface area contributed by atoms with E-state index in [4.69, 9.17) is 0 Å². The number of nitrogens with zero attached hydrogens (tertiary/aromatic N) is 1. The minimum absolute atomic E-state index is 0.0577. The SMILES string of the molecule is CC#CC(=O)N(C)C(C)c1ccc(S(C)=O)cc1. The van der Waals surface area contributed by atoms with Crippen LogP contribution in [0.1, 0.15) is 25.5 Å². The molecule has 0 aromatic heterocycles. The first-order chi connectivity index (χ1) is 8.47. The van der Waals surface area contributed by atoms with E-state index in [0.717, 1.165) is 10.5 Å². The fourth-order valence-corrected chi connectivity index (χ4v) is 2.05. The molecule has 1 rings (SSSR count). The highest BCUT2D eigenvalue weighted by molar-refractivity contribution is 7.84. The van der Waals surface area contributed by atoms with Crippen molar-refractivity contribution in [3.63, 3.8) is 0 Å². The molecule has 0 aliphatic rings. The maximum atomic E-state index is 11.6. The Kier molecular flexibility index (Phi) is 5.11. The standard InChI is InChI=1S/C14H17NO2S/c1-5-6-14(16)15(3)11(2)12-7-9-13(10-8-12)18(4)17/h7-11H,1-4H3. The molecule has 1 aromatic carbocycles. The molecule has 0 heterocycles. The molecule has 0 radical (unpaired) electrons. The zero-order valence-electron chi connectivity index (χ0n) is 11.1. The molecule has 0 saturated heterocycles. The molecular weight excluding hydrogens is 246 g/mol. The summed E-state index contributed by atoms with van der Waals surface area (Å²) >= 11 is 0. The zero-order valence-corrected chi connectivity index (χ0v) is 11.9. The van der Waals surface area contributed by atoms with E-state index < -0.39 is 10.8 Å². The van der Waals surface area contributed by atoms with Crippen LogP contribution in [0.3, 0.4) is 0 Å². The molecule has 0 fully saturated rings. The van der Waals surface area contributed by atoms with Crippen LogP contribution in [0, 0.1) is 11.8 Å².